The fourth-order valence-electron chi connectivity index (χ4n) is 2.72. The predicted molar refractivity (Wildman–Crippen MR) is 86.7 cm³/mol. The highest BCUT2D eigenvalue weighted by Gasteiger charge is 2.07. The summed E-state index contributed by atoms with van der Waals surface area (Å²) in [6.07, 6.45) is 0. The van der Waals surface area contributed by atoms with Crippen LogP contribution >= 0.6 is 0 Å². The first-order valence-corrected chi connectivity index (χ1v) is 7.01. The van der Waals surface area contributed by atoms with Gasteiger partial charge < -0.3 is 5.73 Å². The molecule has 0 saturated heterocycles. The molecular weight excluding hydrogens is 242 g/mol. The molecule has 0 aliphatic carbocycles. The molecule has 3 aromatic carbocycles. The molecule has 3 aromatic rings. The Kier molecular flexibility index (Phi) is 3.29. The van der Waals surface area contributed by atoms with Gasteiger partial charge in [0, 0.05) is 6.04 Å². The van der Waals surface area contributed by atoms with Crippen LogP contribution < -0.4 is 5.73 Å². The average molecular weight is 261 g/mol. The first-order valence-electron chi connectivity index (χ1n) is 7.01. The van der Waals surface area contributed by atoms with Crippen LogP contribution in [0.3, 0.4) is 0 Å². The summed E-state index contributed by atoms with van der Waals surface area (Å²) in [5.74, 6) is 0. The van der Waals surface area contributed by atoms with Crippen molar-refractivity contribution in [2.45, 2.75) is 19.9 Å². The largest absolute Gasteiger partial charge is 0.324 e. The minimum absolute atomic E-state index is 0.0812. The molecule has 100 valence electrons. The van der Waals surface area contributed by atoms with Crippen LogP contribution in [-0.2, 0) is 0 Å². The van der Waals surface area contributed by atoms with E-state index in [0.29, 0.717) is 0 Å². The van der Waals surface area contributed by atoms with E-state index in [1.807, 2.05) is 6.92 Å². The van der Waals surface area contributed by atoms with Gasteiger partial charge in [-0.15, -0.1) is 0 Å². The van der Waals surface area contributed by atoms with E-state index in [2.05, 4.69) is 67.6 Å². The van der Waals surface area contributed by atoms with Crippen molar-refractivity contribution in [3.05, 3.63) is 71.8 Å². The van der Waals surface area contributed by atoms with Crippen LogP contribution in [-0.4, -0.2) is 0 Å². The topological polar surface area (TPSA) is 26.0 Å². The third kappa shape index (κ3) is 2.21. The van der Waals surface area contributed by atoms with Gasteiger partial charge in [-0.2, -0.15) is 0 Å². The molecule has 0 fully saturated rings. The van der Waals surface area contributed by atoms with Gasteiger partial charge in [0.05, 0.1) is 0 Å². The van der Waals surface area contributed by atoms with Crippen molar-refractivity contribution in [3.8, 4) is 11.1 Å². The number of fused-ring (bicyclic) bond motifs is 1. The fourth-order valence-corrected chi connectivity index (χ4v) is 2.72. The second-order valence-electron chi connectivity index (χ2n) is 5.39. The number of aryl methyl sites for hydroxylation is 1. The van der Waals surface area contributed by atoms with Gasteiger partial charge in [0.25, 0.3) is 0 Å². The van der Waals surface area contributed by atoms with Crippen molar-refractivity contribution in [3.63, 3.8) is 0 Å². The molecule has 1 unspecified atom stereocenters. The van der Waals surface area contributed by atoms with E-state index in [-0.39, 0.29) is 6.04 Å². The summed E-state index contributed by atoms with van der Waals surface area (Å²) in [5.41, 5.74) is 11.0. The molecule has 1 atom stereocenters. The molecule has 0 aromatic heterocycles. The second kappa shape index (κ2) is 5.10. The summed E-state index contributed by atoms with van der Waals surface area (Å²) in [7, 11) is 0. The van der Waals surface area contributed by atoms with Crippen LogP contribution in [0.25, 0.3) is 21.9 Å². The highest BCUT2D eigenvalue weighted by Crippen LogP contribution is 2.32. The normalized spacial score (nSPS) is 12.6. The highest BCUT2D eigenvalue weighted by molar-refractivity contribution is 5.98. The van der Waals surface area contributed by atoms with Crippen molar-refractivity contribution in [2.75, 3.05) is 0 Å². The first-order chi connectivity index (χ1) is 9.66. The van der Waals surface area contributed by atoms with Crippen LogP contribution in [0.4, 0.5) is 0 Å². The van der Waals surface area contributed by atoms with E-state index < -0.39 is 0 Å². The Morgan fingerprint density at radius 1 is 0.850 bits per heavy atom. The third-order valence-electron chi connectivity index (χ3n) is 3.86. The number of hydrogen-bond donors (Lipinski definition) is 1. The van der Waals surface area contributed by atoms with Gasteiger partial charge in [0.15, 0.2) is 0 Å². The van der Waals surface area contributed by atoms with Crippen LogP contribution in [0.5, 0.6) is 0 Å². The van der Waals surface area contributed by atoms with Gasteiger partial charge in [-0.3, -0.25) is 0 Å². The molecule has 0 bridgehead atoms. The Labute approximate surface area is 120 Å². The molecule has 20 heavy (non-hydrogen) atoms. The number of benzene rings is 3. The lowest BCUT2D eigenvalue weighted by molar-refractivity contribution is 0.818. The lowest BCUT2D eigenvalue weighted by Gasteiger charge is -2.12. The van der Waals surface area contributed by atoms with Gasteiger partial charge in [-0.25, -0.2) is 0 Å². The van der Waals surface area contributed by atoms with Crippen molar-refractivity contribution in [1.29, 1.82) is 0 Å². The van der Waals surface area contributed by atoms with Gasteiger partial charge >= 0.3 is 0 Å². The number of hydrogen-bond acceptors (Lipinski definition) is 1. The van der Waals surface area contributed by atoms with Gasteiger partial charge in [-0.05, 0) is 46.9 Å². The Balaban J connectivity index is 2.20. The predicted octanol–water partition coefficient (Wildman–Crippen LogP) is 4.83. The molecule has 0 spiro atoms. The van der Waals surface area contributed by atoms with E-state index in [9.17, 15) is 0 Å². The summed E-state index contributed by atoms with van der Waals surface area (Å²) in [5, 5.41) is 2.59. The molecular formula is C19H19N. The quantitative estimate of drug-likeness (QED) is 0.702. The Morgan fingerprint density at radius 2 is 1.55 bits per heavy atom. The van der Waals surface area contributed by atoms with Gasteiger partial charge in [0.1, 0.15) is 0 Å². The zero-order valence-electron chi connectivity index (χ0n) is 11.9. The third-order valence-corrected chi connectivity index (χ3v) is 3.86. The molecule has 0 aliphatic rings. The number of nitrogens with two attached hydrogens (primary N) is 1. The molecule has 1 heteroatoms. The standard InChI is InChI=1S/C19H19N/c1-13-7-8-16-5-3-4-6-18(16)19(13)17-11-9-15(10-12-17)14(2)20/h3-12,14H,20H2,1-2H3. The van der Waals surface area contributed by atoms with Crippen LogP contribution in [0, 0.1) is 6.92 Å². The van der Waals surface area contributed by atoms with E-state index in [1.54, 1.807) is 0 Å². The van der Waals surface area contributed by atoms with Crippen molar-refractivity contribution >= 4 is 10.8 Å². The summed E-state index contributed by atoms with van der Waals surface area (Å²) in [4.78, 5) is 0. The molecule has 1 nitrogen and oxygen atoms in total. The number of rotatable bonds is 2. The lowest BCUT2D eigenvalue weighted by Crippen LogP contribution is -2.04. The van der Waals surface area contributed by atoms with E-state index >= 15 is 0 Å². The molecule has 0 amide bonds. The molecule has 0 radical (unpaired) electrons. The molecule has 0 saturated carbocycles. The monoisotopic (exact) mass is 261 g/mol. The zero-order valence-corrected chi connectivity index (χ0v) is 11.9. The van der Waals surface area contributed by atoms with Crippen LogP contribution in [0.2, 0.25) is 0 Å². The smallest absolute Gasteiger partial charge is 0.0266 e. The summed E-state index contributed by atoms with van der Waals surface area (Å²) < 4.78 is 0. The zero-order chi connectivity index (χ0) is 14.1. The minimum Gasteiger partial charge on any atom is -0.324 e. The van der Waals surface area contributed by atoms with Crippen molar-refractivity contribution in [1.82, 2.24) is 0 Å². The van der Waals surface area contributed by atoms with Crippen molar-refractivity contribution in [2.24, 2.45) is 5.73 Å². The Bertz CT molecular complexity index is 739. The fraction of sp³-hybridized carbons (Fsp3) is 0.158. The Morgan fingerprint density at radius 3 is 2.25 bits per heavy atom. The molecule has 2 N–H and O–H groups in total. The molecule has 3 rings (SSSR count). The van der Waals surface area contributed by atoms with Gasteiger partial charge in [0.2, 0.25) is 0 Å². The highest BCUT2D eigenvalue weighted by atomic mass is 14.6. The summed E-state index contributed by atoms with van der Waals surface area (Å²) in [6, 6.07) is 21.6. The van der Waals surface area contributed by atoms with E-state index in [1.165, 1.54) is 33.0 Å². The van der Waals surface area contributed by atoms with E-state index in [0.717, 1.165) is 0 Å². The summed E-state index contributed by atoms with van der Waals surface area (Å²) >= 11 is 0. The van der Waals surface area contributed by atoms with Crippen LogP contribution in [0.15, 0.2) is 60.7 Å². The average Bonchev–Trinajstić information content (AvgIpc) is 2.47. The maximum Gasteiger partial charge on any atom is 0.0266 e. The summed E-state index contributed by atoms with van der Waals surface area (Å²) in [6.45, 7) is 4.18. The maximum absolute atomic E-state index is 5.92. The lowest BCUT2D eigenvalue weighted by atomic mass is 9.93. The SMILES string of the molecule is Cc1ccc2ccccc2c1-c1ccc(C(C)N)cc1. The minimum atomic E-state index is 0.0812. The maximum atomic E-state index is 5.92. The molecule has 0 heterocycles. The van der Waals surface area contributed by atoms with Crippen molar-refractivity contribution < 1.29 is 0 Å². The first kappa shape index (κ1) is 12.9. The van der Waals surface area contributed by atoms with E-state index in [4.69, 9.17) is 5.73 Å². The van der Waals surface area contributed by atoms with Crippen LogP contribution in [0.1, 0.15) is 24.1 Å². The Hall–Kier alpha value is -2.12. The second-order valence-corrected chi connectivity index (χ2v) is 5.39. The van der Waals surface area contributed by atoms with Gasteiger partial charge in [-0.1, -0.05) is 60.7 Å². The molecule has 0 aliphatic heterocycles.